The Labute approximate surface area is 172 Å². The lowest BCUT2D eigenvalue weighted by Gasteiger charge is -2.11. The van der Waals surface area contributed by atoms with Crippen molar-refractivity contribution in [3.63, 3.8) is 0 Å². The molecular weight excluding hydrogens is 368 g/mol. The zero-order chi connectivity index (χ0) is 20.3. The molecule has 3 rings (SSSR count). The molecule has 0 saturated carbocycles. The Morgan fingerprint density at radius 1 is 1.04 bits per heavy atom. The van der Waals surface area contributed by atoms with Gasteiger partial charge in [-0.1, -0.05) is 29.8 Å². The first-order chi connectivity index (χ1) is 13.4. The number of benzene rings is 1. The van der Waals surface area contributed by atoms with Crippen LogP contribution >= 0.6 is 12.2 Å². The molecule has 2 heterocycles. The molecule has 0 spiro atoms. The van der Waals surface area contributed by atoms with Crippen molar-refractivity contribution >= 4 is 23.0 Å². The Balaban J connectivity index is 1.64. The summed E-state index contributed by atoms with van der Waals surface area (Å²) in [5, 5.41) is 16.3. The smallest absolute Gasteiger partial charge is 0.171 e. The zero-order valence-corrected chi connectivity index (χ0v) is 18.0. The topological polar surface area (TPSA) is 59.7 Å². The van der Waals surface area contributed by atoms with Crippen LogP contribution in [0.4, 0.5) is 5.69 Å². The van der Waals surface area contributed by atoms with Gasteiger partial charge in [-0.2, -0.15) is 10.2 Å². The second-order valence-corrected chi connectivity index (χ2v) is 7.50. The SMILES string of the molecule is CCn1cc(CNC(=S)Nc2c(C)nn(Cc3ccc(C)cc3)c2C)c(C)n1. The highest BCUT2D eigenvalue weighted by molar-refractivity contribution is 7.80. The molecule has 0 fully saturated rings. The minimum atomic E-state index is 0.588. The van der Waals surface area contributed by atoms with Crippen molar-refractivity contribution in [3.05, 3.63) is 64.2 Å². The summed E-state index contributed by atoms with van der Waals surface area (Å²) < 4.78 is 3.95. The van der Waals surface area contributed by atoms with Crippen LogP contribution in [0.2, 0.25) is 0 Å². The van der Waals surface area contributed by atoms with Gasteiger partial charge in [0.25, 0.3) is 0 Å². The van der Waals surface area contributed by atoms with Crippen LogP contribution in [0, 0.1) is 27.7 Å². The lowest BCUT2D eigenvalue weighted by molar-refractivity contribution is 0.653. The normalized spacial score (nSPS) is 10.9. The molecule has 148 valence electrons. The summed E-state index contributed by atoms with van der Waals surface area (Å²) in [5.74, 6) is 0. The molecule has 0 saturated heterocycles. The Kier molecular flexibility index (Phi) is 6.14. The monoisotopic (exact) mass is 396 g/mol. The molecule has 0 amide bonds. The predicted molar refractivity (Wildman–Crippen MR) is 118 cm³/mol. The van der Waals surface area contributed by atoms with Crippen molar-refractivity contribution in [1.82, 2.24) is 24.9 Å². The first kappa shape index (κ1) is 20.1. The standard InChI is InChI=1S/C21H28N6S/c1-6-26-13-19(15(3)24-26)11-22-21(28)23-20-16(4)25-27(17(20)5)12-18-9-7-14(2)8-10-18/h7-10,13H,6,11-12H2,1-5H3,(H2,22,23,28). The molecule has 0 aliphatic carbocycles. The molecule has 28 heavy (non-hydrogen) atoms. The van der Waals surface area contributed by atoms with E-state index >= 15 is 0 Å². The third-order valence-electron chi connectivity index (χ3n) is 4.88. The third-order valence-corrected chi connectivity index (χ3v) is 5.13. The number of rotatable bonds is 6. The number of hydrogen-bond donors (Lipinski definition) is 2. The largest absolute Gasteiger partial charge is 0.358 e. The van der Waals surface area contributed by atoms with Gasteiger partial charge in [0.15, 0.2) is 5.11 Å². The number of nitrogens with one attached hydrogen (secondary N) is 2. The number of thiocarbonyl (C=S) groups is 1. The average Bonchev–Trinajstić information content (AvgIpc) is 3.16. The van der Waals surface area contributed by atoms with E-state index in [-0.39, 0.29) is 0 Å². The van der Waals surface area contributed by atoms with E-state index in [4.69, 9.17) is 12.2 Å². The highest BCUT2D eigenvalue weighted by atomic mass is 32.1. The van der Waals surface area contributed by atoms with E-state index in [1.807, 2.05) is 23.2 Å². The molecule has 0 radical (unpaired) electrons. The Hall–Kier alpha value is -2.67. The quantitative estimate of drug-likeness (QED) is 0.620. The van der Waals surface area contributed by atoms with Crippen LogP contribution in [0.1, 0.15) is 40.7 Å². The molecule has 0 unspecified atom stereocenters. The second kappa shape index (κ2) is 8.56. The molecule has 0 aliphatic rings. The van der Waals surface area contributed by atoms with Crippen LogP contribution in [-0.2, 0) is 19.6 Å². The first-order valence-electron chi connectivity index (χ1n) is 9.54. The van der Waals surface area contributed by atoms with E-state index in [2.05, 4.69) is 72.1 Å². The van der Waals surface area contributed by atoms with Gasteiger partial charge in [-0.25, -0.2) is 0 Å². The van der Waals surface area contributed by atoms with Gasteiger partial charge in [0.2, 0.25) is 0 Å². The van der Waals surface area contributed by atoms with E-state index < -0.39 is 0 Å². The van der Waals surface area contributed by atoms with Gasteiger partial charge in [-0.05, 0) is 52.4 Å². The van der Waals surface area contributed by atoms with Crippen LogP contribution in [0.25, 0.3) is 0 Å². The molecule has 3 aromatic rings. The van der Waals surface area contributed by atoms with E-state index in [1.54, 1.807) is 0 Å². The van der Waals surface area contributed by atoms with Crippen LogP contribution < -0.4 is 10.6 Å². The summed E-state index contributed by atoms with van der Waals surface area (Å²) in [6.45, 7) is 12.5. The highest BCUT2D eigenvalue weighted by Gasteiger charge is 2.13. The number of aryl methyl sites for hydroxylation is 4. The second-order valence-electron chi connectivity index (χ2n) is 7.09. The van der Waals surface area contributed by atoms with Crippen molar-refractivity contribution in [2.24, 2.45) is 0 Å². The van der Waals surface area contributed by atoms with Gasteiger partial charge < -0.3 is 10.6 Å². The van der Waals surface area contributed by atoms with Crippen LogP contribution in [0.15, 0.2) is 30.5 Å². The van der Waals surface area contributed by atoms with Gasteiger partial charge in [0, 0.05) is 24.8 Å². The fraction of sp³-hybridized carbons (Fsp3) is 0.381. The molecule has 0 bridgehead atoms. The molecule has 6 nitrogen and oxygen atoms in total. The maximum atomic E-state index is 5.50. The van der Waals surface area contributed by atoms with Gasteiger partial charge >= 0.3 is 0 Å². The fourth-order valence-electron chi connectivity index (χ4n) is 3.13. The summed E-state index contributed by atoms with van der Waals surface area (Å²) in [6, 6.07) is 8.54. The Bertz CT molecular complexity index is 968. The fourth-order valence-corrected chi connectivity index (χ4v) is 3.30. The lowest BCUT2D eigenvalue weighted by atomic mass is 10.1. The number of aromatic nitrogens is 4. The number of nitrogens with zero attached hydrogens (tertiary/aromatic N) is 4. The molecule has 2 N–H and O–H groups in total. The predicted octanol–water partition coefficient (Wildman–Crippen LogP) is 3.87. The van der Waals surface area contributed by atoms with Crippen LogP contribution in [-0.4, -0.2) is 24.7 Å². The van der Waals surface area contributed by atoms with Crippen molar-refractivity contribution in [2.45, 2.75) is 54.3 Å². The molecule has 0 aliphatic heterocycles. The summed E-state index contributed by atoms with van der Waals surface area (Å²) in [5.41, 5.74) is 7.62. The van der Waals surface area contributed by atoms with E-state index in [0.717, 1.165) is 41.4 Å². The Morgan fingerprint density at radius 3 is 2.39 bits per heavy atom. The zero-order valence-electron chi connectivity index (χ0n) is 17.2. The van der Waals surface area contributed by atoms with Crippen molar-refractivity contribution in [3.8, 4) is 0 Å². The Morgan fingerprint density at radius 2 is 1.75 bits per heavy atom. The van der Waals surface area contributed by atoms with E-state index in [1.165, 1.54) is 11.1 Å². The van der Waals surface area contributed by atoms with E-state index in [0.29, 0.717) is 11.7 Å². The van der Waals surface area contributed by atoms with Crippen LogP contribution in [0.3, 0.4) is 0 Å². The summed E-state index contributed by atoms with van der Waals surface area (Å²) >= 11 is 5.50. The van der Waals surface area contributed by atoms with Crippen molar-refractivity contribution in [2.75, 3.05) is 5.32 Å². The third kappa shape index (κ3) is 4.59. The van der Waals surface area contributed by atoms with Gasteiger partial charge in [0.1, 0.15) is 0 Å². The average molecular weight is 397 g/mol. The number of hydrogen-bond acceptors (Lipinski definition) is 3. The van der Waals surface area contributed by atoms with Crippen LogP contribution in [0.5, 0.6) is 0 Å². The summed E-state index contributed by atoms with van der Waals surface area (Å²) in [6.07, 6.45) is 2.06. The maximum absolute atomic E-state index is 5.50. The maximum Gasteiger partial charge on any atom is 0.171 e. The molecular formula is C21H28N6S. The minimum Gasteiger partial charge on any atom is -0.358 e. The van der Waals surface area contributed by atoms with Crippen molar-refractivity contribution in [1.29, 1.82) is 0 Å². The highest BCUT2D eigenvalue weighted by Crippen LogP contribution is 2.20. The van der Waals surface area contributed by atoms with Gasteiger partial charge in [-0.3, -0.25) is 9.36 Å². The molecule has 2 aromatic heterocycles. The lowest BCUT2D eigenvalue weighted by Crippen LogP contribution is -2.28. The van der Waals surface area contributed by atoms with Gasteiger partial charge in [0.05, 0.1) is 29.3 Å². The van der Waals surface area contributed by atoms with E-state index in [9.17, 15) is 0 Å². The molecule has 7 heteroatoms. The minimum absolute atomic E-state index is 0.588. The number of anilines is 1. The van der Waals surface area contributed by atoms with Crippen molar-refractivity contribution < 1.29 is 0 Å². The first-order valence-corrected chi connectivity index (χ1v) is 9.95. The summed E-state index contributed by atoms with van der Waals surface area (Å²) in [7, 11) is 0. The van der Waals surface area contributed by atoms with Gasteiger partial charge in [-0.15, -0.1) is 0 Å². The molecule has 0 atom stereocenters. The molecule has 1 aromatic carbocycles. The summed E-state index contributed by atoms with van der Waals surface area (Å²) in [4.78, 5) is 0.